The summed E-state index contributed by atoms with van der Waals surface area (Å²) in [6.45, 7) is 4.12. The lowest BCUT2D eigenvalue weighted by atomic mass is 9.76. The van der Waals surface area contributed by atoms with Crippen LogP contribution in [-0.4, -0.2) is 11.8 Å². The monoisotopic (exact) mass is 257 g/mol. The molecule has 0 bridgehead atoms. The largest absolute Gasteiger partial charge is 0.274 e. The average Bonchev–Trinajstić information content (AvgIpc) is 2.63. The van der Waals surface area contributed by atoms with Crippen molar-refractivity contribution in [2.24, 2.45) is 17.8 Å². The van der Waals surface area contributed by atoms with Gasteiger partial charge in [0.1, 0.15) is 0 Å². The zero-order valence-electron chi connectivity index (χ0n) is 11.4. The minimum absolute atomic E-state index is 0.0100. The van der Waals surface area contributed by atoms with Crippen LogP contribution in [0.15, 0.2) is 24.3 Å². The Hall–Kier alpha value is -1.64. The van der Waals surface area contributed by atoms with Gasteiger partial charge in [-0.3, -0.25) is 9.59 Å². The number of rotatable bonds is 1. The third-order valence-corrected chi connectivity index (χ3v) is 4.54. The fourth-order valence-corrected chi connectivity index (χ4v) is 3.44. The first kappa shape index (κ1) is 12.4. The molecular weight excluding hydrogens is 238 g/mol. The second kappa shape index (κ2) is 4.48. The summed E-state index contributed by atoms with van der Waals surface area (Å²) >= 11 is 0. The maximum Gasteiger partial charge on any atom is 0.237 e. The number of hydrogen-bond acceptors (Lipinski definition) is 2. The van der Waals surface area contributed by atoms with Gasteiger partial charge in [-0.15, -0.1) is 0 Å². The summed E-state index contributed by atoms with van der Waals surface area (Å²) in [6, 6.07) is 7.62. The molecule has 19 heavy (non-hydrogen) atoms. The van der Waals surface area contributed by atoms with Gasteiger partial charge in [0, 0.05) is 0 Å². The van der Waals surface area contributed by atoms with Crippen molar-refractivity contribution in [2.75, 3.05) is 4.90 Å². The van der Waals surface area contributed by atoms with Gasteiger partial charge in [-0.05, 0) is 43.7 Å². The van der Waals surface area contributed by atoms with Gasteiger partial charge in [0.15, 0.2) is 0 Å². The lowest BCUT2D eigenvalue weighted by Gasteiger charge is -2.25. The van der Waals surface area contributed by atoms with Gasteiger partial charge in [0.25, 0.3) is 0 Å². The third kappa shape index (κ3) is 1.88. The van der Waals surface area contributed by atoms with E-state index in [-0.39, 0.29) is 23.7 Å². The topological polar surface area (TPSA) is 37.4 Å². The van der Waals surface area contributed by atoms with E-state index in [0.29, 0.717) is 5.92 Å². The molecule has 3 rings (SSSR count). The lowest BCUT2D eigenvalue weighted by Crippen LogP contribution is -2.31. The van der Waals surface area contributed by atoms with E-state index < -0.39 is 0 Å². The Bertz CT molecular complexity index is 537. The first-order chi connectivity index (χ1) is 9.09. The summed E-state index contributed by atoms with van der Waals surface area (Å²) in [7, 11) is 0. The van der Waals surface area contributed by atoms with Crippen molar-refractivity contribution >= 4 is 17.5 Å². The van der Waals surface area contributed by atoms with Crippen molar-refractivity contribution in [3.05, 3.63) is 29.8 Å². The highest BCUT2D eigenvalue weighted by atomic mass is 16.2. The molecule has 1 aromatic rings. The molecule has 0 N–H and O–H groups in total. The highest BCUT2D eigenvalue weighted by Gasteiger charge is 2.50. The lowest BCUT2D eigenvalue weighted by molar-refractivity contribution is -0.122. The van der Waals surface area contributed by atoms with Gasteiger partial charge in [0.05, 0.1) is 17.5 Å². The Morgan fingerprint density at radius 3 is 2.47 bits per heavy atom. The Labute approximate surface area is 113 Å². The second-order valence-corrected chi connectivity index (χ2v) is 5.93. The standard InChI is InChI=1S/C16H19NO2/c1-10-7-8-12-13(9-10)16(19)17(15(12)18)14-6-4-3-5-11(14)2/h3-6,10,12-13H,7-9H2,1-2H3. The van der Waals surface area contributed by atoms with Crippen molar-refractivity contribution in [2.45, 2.75) is 33.1 Å². The number of amides is 2. The fourth-order valence-electron chi connectivity index (χ4n) is 3.44. The summed E-state index contributed by atoms with van der Waals surface area (Å²) in [4.78, 5) is 26.5. The van der Waals surface area contributed by atoms with Crippen LogP contribution in [-0.2, 0) is 9.59 Å². The van der Waals surface area contributed by atoms with Crippen LogP contribution in [0.1, 0.15) is 31.7 Å². The first-order valence-electron chi connectivity index (χ1n) is 7.03. The maximum atomic E-state index is 12.6. The molecule has 2 aliphatic rings. The molecule has 3 atom stereocenters. The molecule has 3 heteroatoms. The van der Waals surface area contributed by atoms with Crippen LogP contribution >= 0.6 is 0 Å². The first-order valence-corrected chi connectivity index (χ1v) is 7.03. The highest BCUT2D eigenvalue weighted by Crippen LogP contribution is 2.42. The van der Waals surface area contributed by atoms with E-state index in [1.807, 2.05) is 31.2 Å². The molecule has 1 aromatic carbocycles. The SMILES string of the molecule is Cc1ccccc1N1C(=O)C2CCC(C)CC2C1=O. The van der Waals surface area contributed by atoms with Gasteiger partial charge in [0.2, 0.25) is 11.8 Å². The minimum atomic E-state index is -0.0872. The Morgan fingerprint density at radius 1 is 1.05 bits per heavy atom. The molecule has 3 unspecified atom stereocenters. The quantitative estimate of drug-likeness (QED) is 0.725. The predicted molar refractivity (Wildman–Crippen MR) is 73.7 cm³/mol. The summed E-state index contributed by atoms with van der Waals surface area (Å²) in [5, 5.41) is 0. The van der Waals surface area contributed by atoms with Crippen molar-refractivity contribution in [3.8, 4) is 0 Å². The van der Waals surface area contributed by atoms with Crippen LogP contribution in [0.4, 0.5) is 5.69 Å². The van der Waals surface area contributed by atoms with E-state index in [1.165, 1.54) is 4.90 Å². The number of fused-ring (bicyclic) bond motifs is 1. The van der Waals surface area contributed by atoms with Gasteiger partial charge in [-0.2, -0.15) is 0 Å². The molecule has 100 valence electrons. The molecule has 2 amide bonds. The van der Waals surface area contributed by atoms with Crippen molar-refractivity contribution < 1.29 is 9.59 Å². The number of hydrogen-bond donors (Lipinski definition) is 0. The highest BCUT2D eigenvalue weighted by molar-refractivity contribution is 6.22. The van der Waals surface area contributed by atoms with E-state index >= 15 is 0 Å². The number of para-hydroxylation sites is 1. The van der Waals surface area contributed by atoms with E-state index in [9.17, 15) is 9.59 Å². The van der Waals surface area contributed by atoms with E-state index in [4.69, 9.17) is 0 Å². The third-order valence-electron chi connectivity index (χ3n) is 4.54. The zero-order valence-corrected chi connectivity index (χ0v) is 11.4. The normalized spacial score (nSPS) is 30.6. The van der Waals surface area contributed by atoms with Crippen LogP contribution in [0.2, 0.25) is 0 Å². The molecular formula is C16H19NO2. The summed E-state index contributed by atoms with van der Waals surface area (Å²) in [6.07, 6.45) is 2.78. The number of carbonyl (C=O) groups is 2. The van der Waals surface area contributed by atoms with E-state index in [2.05, 4.69) is 6.92 Å². The van der Waals surface area contributed by atoms with Gasteiger partial charge >= 0.3 is 0 Å². The molecule has 0 spiro atoms. The second-order valence-electron chi connectivity index (χ2n) is 5.93. The number of carbonyl (C=O) groups excluding carboxylic acids is 2. The zero-order chi connectivity index (χ0) is 13.6. The summed E-state index contributed by atoms with van der Waals surface area (Å²) in [5.74, 6) is 0.404. The Kier molecular flexibility index (Phi) is 2.92. The smallest absolute Gasteiger partial charge is 0.237 e. The van der Waals surface area contributed by atoms with Crippen LogP contribution < -0.4 is 4.90 Å². The van der Waals surface area contributed by atoms with Crippen LogP contribution in [0.5, 0.6) is 0 Å². The molecule has 0 aromatic heterocycles. The molecule has 1 saturated carbocycles. The number of benzene rings is 1. The maximum absolute atomic E-state index is 12.6. The number of anilines is 1. The van der Waals surface area contributed by atoms with Gasteiger partial charge < -0.3 is 0 Å². The molecule has 1 aliphatic carbocycles. The fraction of sp³-hybridized carbons (Fsp3) is 0.500. The number of imide groups is 1. The molecule has 1 aliphatic heterocycles. The van der Waals surface area contributed by atoms with Crippen LogP contribution in [0.3, 0.4) is 0 Å². The number of nitrogens with zero attached hydrogens (tertiary/aromatic N) is 1. The van der Waals surface area contributed by atoms with Crippen molar-refractivity contribution in [1.82, 2.24) is 0 Å². The van der Waals surface area contributed by atoms with Crippen molar-refractivity contribution in [1.29, 1.82) is 0 Å². The Balaban J connectivity index is 1.98. The van der Waals surface area contributed by atoms with Crippen LogP contribution in [0.25, 0.3) is 0 Å². The summed E-state index contributed by atoms with van der Waals surface area (Å²) in [5.41, 5.74) is 1.75. The van der Waals surface area contributed by atoms with Crippen molar-refractivity contribution in [3.63, 3.8) is 0 Å². The van der Waals surface area contributed by atoms with E-state index in [0.717, 1.165) is 30.5 Å². The predicted octanol–water partition coefficient (Wildman–Crippen LogP) is 2.92. The minimum Gasteiger partial charge on any atom is -0.274 e. The molecule has 0 radical (unpaired) electrons. The molecule has 1 saturated heterocycles. The Morgan fingerprint density at radius 2 is 1.74 bits per heavy atom. The summed E-state index contributed by atoms with van der Waals surface area (Å²) < 4.78 is 0. The molecule has 3 nitrogen and oxygen atoms in total. The van der Waals surface area contributed by atoms with E-state index in [1.54, 1.807) is 0 Å². The molecule has 1 heterocycles. The average molecular weight is 257 g/mol. The van der Waals surface area contributed by atoms with Gasteiger partial charge in [-0.25, -0.2) is 4.90 Å². The van der Waals surface area contributed by atoms with Crippen LogP contribution in [0, 0.1) is 24.7 Å². The van der Waals surface area contributed by atoms with Gasteiger partial charge in [-0.1, -0.05) is 25.1 Å². The number of aryl methyl sites for hydroxylation is 1. The molecule has 2 fully saturated rings.